The quantitative estimate of drug-likeness (QED) is 0.768. The van der Waals surface area contributed by atoms with Crippen LogP contribution >= 0.6 is 11.6 Å². The summed E-state index contributed by atoms with van der Waals surface area (Å²) in [4.78, 5) is 21.2. The zero-order valence-electron chi connectivity index (χ0n) is 12.9. The molecule has 0 amide bonds. The maximum atomic E-state index is 12.2. The minimum Gasteiger partial charge on any atom is -0.328 e. The first-order chi connectivity index (χ1) is 10.8. The van der Waals surface area contributed by atoms with Crippen molar-refractivity contribution >= 4 is 38.2 Å². The first-order valence-electron chi connectivity index (χ1n) is 6.82. The second-order valence-corrected chi connectivity index (χ2v) is 7.33. The van der Waals surface area contributed by atoms with E-state index in [1.165, 1.54) is 12.4 Å². The van der Waals surface area contributed by atoms with Crippen LogP contribution in [0.2, 0.25) is 0 Å². The van der Waals surface area contributed by atoms with Gasteiger partial charge in [0.05, 0.1) is 10.6 Å². The molecule has 0 aliphatic carbocycles. The molecule has 0 radical (unpaired) electrons. The van der Waals surface area contributed by atoms with Gasteiger partial charge in [-0.1, -0.05) is 6.92 Å². The molecule has 0 N–H and O–H groups in total. The van der Waals surface area contributed by atoms with E-state index < -0.39 is 15.1 Å². The maximum Gasteiger partial charge on any atom is 0.252 e. The van der Waals surface area contributed by atoms with Crippen LogP contribution in [-0.2, 0) is 16.3 Å². The van der Waals surface area contributed by atoms with Crippen LogP contribution in [0.3, 0.4) is 0 Å². The largest absolute Gasteiger partial charge is 0.328 e. The number of rotatable bonds is 5. The first kappa shape index (κ1) is 17.4. The molecule has 8 heteroatoms. The minimum atomic E-state index is -3.56. The Morgan fingerprint density at radius 1 is 1.35 bits per heavy atom. The van der Waals surface area contributed by atoms with Crippen LogP contribution in [0.4, 0.5) is 11.5 Å². The van der Waals surface area contributed by atoms with Gasteiger partial charge >= 0.3 is 0 Å². The number of hydrogen-bond acceptors (Lipinski definition) is 6. The van der Waals surface area contributed by atoms with Crippen LogP contribution < -0.4 is 4.90 Å². The van der Waals surface area contributed by atoms with Crippen LogP contribution in [-0.4, -0.2) is 36.9 Å². The van der Waals surface area contributed by atoms with Crippen LogP contribution in [0.15, 0.2) is 35.6 Å². The summed E-state index contributed by atoms with van der Waals surface area (Å²) in [5.41, 5.74) is 1.31. The topological polar surface area (TPSA) is 80.2 Å². The van der Waals surface area contributed by atoms with Crippen molar-refractivity contribution in [1.29, 1.82) is 0 Å². The number of benzene rings is 1. The SMILES string of the molecule is CCc1cc(N(C)c2ccncn2)c(S(C)(=O)=O)cc1C(=O)Cl. The molecule has 0 atom stereocenters. The summed E-state index contributed by atoms with van der Waals surface area (Å²) in [7, 11) is -1.86. The van der Waals surface area contributed by atoms with Gasteiger partial charge in [-0.15, -0.1) is 0 Å². The van der Waals surface area contributed by atoms with Crippen molar-refractivity contribution in [2.45, 2.75) is 18.2 Å². The average Bonchev–Trinajstić information content (AvgIpc) is 2.52. The molecule has 2 rings (SSSR count). The standard InChI is InChI=1S/C15H16ClN3O3S/c1-4-10-7-12(19(2)14-5-6-17-9-18-14)13(23(3,21)22)8-11(10)15(16)20/h5-9H,4H2,1-3H3. The van der Waals surface area contributed by atoms with E-state index in [-0.39, 0.29) is 10.5 Å². The summed E-state index contributed by atoms with van der Waals surface area (Å²) in [5.74, 6) is 0.539. The Kier molecular flexibility index (Phi) is 5.01. The molecule has 2 aromatic rings. The summed E-state index contributed by atoms with van der Waals surface area (Å²) in [6.07, 6.45) is 4.58. The lowest BCUT2D eigenvalue weighted by atomic mass is 10.0. The van der Waals surface area contributed by atoms with Crippen LogP contribution in [0, 0.1) is 0 Å². The normalized spacial score (nSPS) is 11.3. The molecule has 1 aromatic heterocycles. The van der Waals surface area contributed by atoms with Gasteiger partial charge in [0.25, 0.3) is 5.24 Å². The third-order valence-electron chi connectivity index (χ3n) is 3.45. The zero-order valence-corrected chi connectivity index (χ0v) is 14.5. The van der Waals surface area contributed by atoms with Gasteiger partial charge in [-0.25, -0.2) is 18.4 Å². The summed E-state index contributed by atoms with van der Waals surface area (Å²) >= 11 is 5.59. The van der Waals surface area contributed by atoms with Crippen molar-refractivity contribution in [1.82, 2.24) is 9.97 Å². The Hall–Kier alpha value is -1.99. The Balaban J connectivity index is 2.73. The molecule has 0 saturated heterocycles. The van der Waals surface area contributed by atoms with E-state index in [1.54, 1.807) is 30.3 Å². The Labute approximate surface area is 140 Å². The van der Waals surface area contributed by atoms with Gasteiger partial charge in [-0.2, -0.15) is 0 Å². The first-order valence-corrected chi connectivity index (χ1v) is 9.09. The maximum absolute atomic E-state index is 12.2. The van der Waals surface area contributed by atoms with Crippen molar-refractivity contribution in [3.63, 3.8) is 0 Å². The fourth-order valence-electron chi connectivity index (χ4n) is 2.25. The van der Waals surface area contributed by atoms with Gasteiger partial charge in [0.2, 0.25) is 0 Å². The molecule has 0 bridgehead atoms. The second-order valence-electron chi connectivity index (χ2n) is 5.00. The monoisotopic (exact) mass is 353 g/mol. The molecule has 23 heavy (non-hydrogen) atoms. The number of aromatic nitrogens is 2. The minimum absolute atomic E-state index is 0.0276. The number of anilines is 2. The van der Waals surface area contributed by atoms with Gasteiger partial charge in [0, 0.05) is 25.1 Å². The average molecular weight is 354 g/mol. The highest BCUT2D eigenvalue weighted by Gasteiger charge is 2.22. The molecule has 0 unspecified atom stereocenters. The van der Waals surface area contributed by atoms with E-state index in [1.807, 2.05) is 6.92 Å². The van der Waals surface area contributed by atoms with E-state index in [2.05, 4.69) is 9.97 Å². The molecule has 0 saturated carbocycles. The van der Waals surface area contributed by atoms with Gasteiger partial charge < -0.3 is 4.90 Å². The molecular weight excluding hydrogens is 338 g/mol. The molecule has 0 spiro atoms. The summed E-state index contributed by atoms with van der Waals surface area (Å²) in [6.45, 7) is 1.87. The Morgan fingerprint density at radius 2 is 2.04 bits per heavy atom. The highest BCUT2D eigenvalue weighted by Crippen LogP contribution is 2.32. The fourth-order valence-corrected chi connectivity index (χ4v) is 3.34. The van der Waals surface area contributed by atoms with Crippen LogP contribution in [0.1, 0.15) is 22.8 Å². The molecule has 1 aromatic carbocycles. The number of nitrogens with zero attached hydrogens (tertiary/aromatic N) is 3. The highest BCUT2D eigenvalue weighted by atomic mass is 35.5. The van der Waals surface area contributed by atoms with Gasteiger partial charge in [0.15, 0.2) is 9.84 Å². The lowest BCUT2D eigenvalue weighted by Gasteiger charge is -2.22. The predicted molar refractivity (Wildman–Crippen MR) is 89.2 cm³/mol. The molecule has 6 nitrogen and oxygen atoms in total. The summed E-state index contributed by atoms with van der Waals surface area (Å²) in [6, 6.07) is 4.66. The van der Waals surface area contributed by atoms with Crippen molar-refractivity contribution in [3.05, 3.63) is 41.9 Å². The number of hydrogen-bond donors (Lipinski definition) is 0. The predicted octanol–water partition coefficient (Wildman–Crippen LogP) is 2.59. The van der Waals surface area contributed by atoms with Gasteiger partial charge in [0.1, 0.15) is 12.1 Å². The van der Waals surface area contributed by atoms with Crippen molar-refractivity contribution < 1.29 is 13.2 Å². The van der Waals surface area contributed by atoms with Gasteiger partial charge in [-0.05, 0) is 41.8 Å². The number of sulfone groups is 1. The fraction of sp³-hybridized carbons (Fsp3) is 0.267. The Bertz CT molecular complexity index is 839. The van der Waals surface area contributed by atoms with Crippen LogP contribution in [0.5, 0.6) is 0 Å². The van der Waals surface area contributed by atoms with Crippen molar-refractivity contribution in [3.8, 4) is 0 Å². The molecule has 0 aliphatic rings. The van der Waals surface area contributed by atoms with E-state index >= 15 is 0 Å². The third-order valence-corrected chi connectivity index (χ3v) is 4.78. The number of aryl methyl sites for hydroxylation is 1. The van der Waals surface area contributed by atoms with E-state index in [0.29, 0.717) is 23.5 Å². The number of carbonyl (C=O) groups excluding carboxylic acids is 1. The van der Waals surface area contributed by atoms with Crippen LogP contribution in [0.25, 0.3) is 0 Å². The van der Waals surface area contributed by atoms with Crippen molar-refractivity contribution in [2.24, 2.45) is 0 Å². The third kappa shape index (κ3) is 3.68. The lowest BCUT2D eigenvalue weighted by molar-refractivity contribution is 0.108. The molecular formula is C15H16ClN3O3S. The van der Waals surface area contributed by atoms with E-state index in [9.17, 15) is 13.2 Å². The molecule has 0 aliphatic heterocycles. The molecule has 0 fully saturated rings. The molecule has 122 valence electrons. The lowest BCUT2D eigenvalue weighted by Crippen LogP contribution is -2.16. The summed E-state index contributed by atoms with van der Waals surface area (Å²) in [5, 5.41) is -0.678. The Morgan fingerprint density at radius 3 is 2.52 bits per heavy atom. The molecule has 1 heterocycles. The van der Waals surface area contributed by atoms with Gasteiger partial charge in [-0.3, -0.25) is 4.79 Å². The second kappa shape index (κ2) is 6.64. The smallest absolute Gasteiger partial charge is 0.252 e. The summed E-state index contributed by atoms with van der Waals surface area (Å²) < 4.78 is 24.3. The highest BCUT2D eigenvalue weighted by molar-refractivity contribution is 7.90. The number of halogens is 1. The van der Waals surface area contributed by atoms with E-state index in [4.69, 9.17) is 11.6 Å². The van der Waals surface area contributed by atoms with E-state index in [0.717, 1.165) is 6.26 Å². The van der Waals surface area contributed by atoms with Crippen molar-refractivity contribution in [2.75, 3.05) is 18.2 Å². The zero-order chi connectivity index (χ0) is 17.2. The number of carbonyl (C=O) groups is 1.